The van der Waals surface area contributed by atoms with Crippen molar-refractivity contribution >= 4 is 23.0 Å². The van der Waals surface area contributed by atoms with Gasteiger partial charge in [-0.3, -0.25) is 10.1 Å². The molecule has 0 fully saturated rings. The van der Waals surface area contributed by atoms with Gasteiger partial charge in [-0.2, -0.15) is 5.10 Å². The Kier molecular flexibility index (Phi) is 4.06. The van der Waals surface area contributed by atoms with Gasteiger partial charge in [-0.25, -0.2) is 5.43 Å². The third-order valence-electron chi connectivity index (χ3n) is 3.98. The van der Waals surface area contributed by atoms with E-state index in [2.05, 4.69) is 39.9 Å². The lowest BCUT2D eigenvalue weighted by Gasteiger charge is -2.27. The van der Waals surface area contributed by atoms with E-state index in [9.17, 15) is 4.79 Å². The summed E-state index contributed by atoms with van der Waals surface area (Å²) in [5.74, 6) is -0.108. The van der Waals surface area contributed by atoms with Crippen molar-refractivity contribution in [2.75, 3.05) is 0 Å². The van der Waals surface area contributed by atoms with Gasteiger partial charge in [0, 0.05) is 28.9 Å². The molecule has 0 saturated carbocycles. The van der Waals surface area contributed by atoms with E-state index in [-0.39, 0.29) is 18.0 Å². The summed E-state index contributed by atoms with van der Waals surface area (Å²) in [4.78, 5) is 15.7. The van der Waals surface area contributed by atoms with Crippen LogP contribution in [0.2, 0.25) is 0 Å². The van der Waals surface area contributed by atoms with Crippen LogP contribution in [0, 0.1) is 0 Å². The predicted molar refractivity (Wildman–Crippen MR) is 88.8 cm³/mol. The number of amides is 1. The van der Waals surface area contributed by atoms with Crippen molar-refractivity contribution < 1.29 is 4.79 Å². The molecule has 1 aromatic carbocycles. The molecule has 2 atom stereocenters. The summed E-state index contributed by atoms with van der Waals surface area (Å²) in [6.45, 7) is 3.97. The van der Waals surface area contributed by atoms with Crippen molar-refractivity contribution in [3.63, 3.8) is 0 Å². The molecule has 5 nitrogen and oxygen atoms in total. The molecule has 1 aliphatic rings. The highest BCUT2D eigenvalue weighted by Gasteiger charge is 2.30. The van der Waals surface area contributed by atoms with Gasteiger partial charge in [-0.05, 0) is 38.0 Å². The number of carbonyl (C=O) groups excluding carboxylic acids is 1. The maximum atomic E-state index is 12.3. The maximum absolute atomic E-state index is 12.3. The highest BCUT2D eigenvalue weighted by Crippen LogP contribution is 2.31. The number of hydrazone groups is 1. The van der Waals surface area contributed by atoms with E-state index < -0.39 is 0 Å². The molecular formula is C17H20N4O. The topological polar surface area (TPSA) is 69.3 Å². The van der Waals surface area contributed by atoms with Gasteiger partial charge in [0.25, 0.3) is 5.91 Å². The van der Waals surface area contributed by atoms with Gasteiger partial charge < -0.3 is 4.98 Å². The fourth-order valence-electron chi connectivity index (χ4n) is 2.93. The Hall–Kier alpha value is -2.40. The number of nitrogens with zero attached hydrogens (tertiary/aromatic N) is 1. The van der Waals surface area contributed by atoms with E-state index in [1.54, 1.807) is 12.3 Å². The Morgan fingerprint density at radius 2 is 2.23 bits per heavy atom. The fraction of sp³-hybridized carbons (Fsp3) is 0.294. The second-order valence-electron chi connectivity index (χ2n) is 5.49. The summed E-state index contributed by atoms with van der Waals surface area (Å²) in [7, 11) is 0. The van der Waals surface area contributed by atoms with E-state index in [4.69, 9.17) is 0 Å². The number of allylic oxidation sites excluding steroid dienone is 2. The number of benzene rings is 1. The Balaban J connectivity index is 1.82. The van der Waals surface area contributed by atoms with Crippen LogP contribution in [-0.2, 0) is 11.2 Å². The lowest BCUT2D eigenvalue weighted by molar-refractivity contribution is -0.123. The van der Waals surface area contributed by atoms with Crippen LogP contribution in [-0.4, -0.2) is 23.1 Å². The van der Waals surface area contributed by atoms with Crippen LogP contribution >= 0.6 is 0 Å². The Bertz CT molecular complexity index is 744. The number of fused-ring (bicyclic) bond motifs is 3. The molecule has 0 spiro atoms. The van der Waals surface area contributed by atoms with Crippen molar-refractivity contribution in [3.8, 4) is 0 Å². The minimum atomic E-state index is -0.274. The molecule has 5 heteroatoms. The fourth-order valence-corrected chi connectivity index (χ4v) is 2.93. The number of carbonyl (C=O) groups is 1. The number of para-hydroxylation sites is 1. The zero-order chi connectivity index (χ0) is 15.5. The molecule has 0 saturated heterocycles. The largest absolute Gasteiger partial charge is 0.357 e. The van der Waals surface area contributed by atoms with Crippen LogP contribution in [0.1, 0.15) is 31.1 Å². The zero-order valence-electron chi connectivity index (χ0n) is 12.8. The molecule has 1 amide bonds. The zero-order valence-corrected chi connectivity index (χ0v) is 12.8. The lowest BCUT2D eigenvalue weighted by atomic mass is 9.94. The first-order valence-corrected chi connectivity index (χ1v) is 7.50. The van der Waals surface area contributed by atoms with E-state index in [1.165, 1.54) is 16.6 Å². The summed E-state index contributed by atoms with van der Waals surface area (Å²) in [5.41, 5.74) is 6.09. The number of aromatic amines is 1. The molecule has 0 radical (unpaired) electrons. The third-order valence-corrected chi connectivity index (χ3v) is 3.98. The molecule has 3 rings (SSSR count). The molecule has 2 aromatic rings. The summed E-state index contributed by atoms with van der Waals surface area (Å²) < 4.78 is 0. The number of rotatable bonds is 3. The molecule has 1 aromatic heterocycles. The molecule has 114 valence electrons. The van der Waals surface area contributed by atoms with E-state index in [0.29, 0.717) is 6.42 Å². The minimum absolute atomic E-state index is 0.103. The Morgan fingerprint density at radius 3 is 3.05 bits per heavy atom. The molecule has 2 heterocycles. The second-order valence-corrected chi connectivity index (χ2v) is 5.49. The van der Waals surface area contributed by atoms with E-state index >= 15 is 0 Å². The first kappa shape index (κ1) is 14.5. The highest BCUT2D eigenvalue weighted by atomic mass is 16.2. The molecule has 2 unspecified atom stereocenters. The number of nitrogens with one attached hydrogen (secondary N) is 3. The van der Waals surface area contributed by atoms with Crippen LogP contribution in [0.4, 0.5) is 0 Å². The third kappa shape index (κ3) is 2.67. The number of hydrogen-bond donors (Lipinski definition) is 3. The molecule has 22 heavy (non-hydrogen) atoms. The average Bonchev–Trinajstić information content (AvgIpc) is 2.91. The SMILES string of the molecule is C/C=C/C=N/NC(=O)C1Cc2c([nH]c3ccccc23)C(C)N1. The van der Waals surface area contributed by atoms with Gasteiger partial charge in [0.05, 0.1) is 6.04 Å². The first-order chi connectivity index (χ1) is 10.7. The number of aromatic nitrogens is 1. The van der Waals surface area contributed by atoms with Gasteiger partial charge in [-0.1, -0.05) is 24.3 Å². The van der Waals surface area contributed by atoms with Gasteiger partial charge in [0.15, 0.2) is 0 Å². The summed E-state index contributed by atoms with van der Waals surface area (Å²) in [6, 6.07) is 8.04. The highest BCUT2D eigenvalue weighted by molar-refractivity contribution is 5.88. The van der Waals surface area contributed by atoms with Crippen molar-refractivity contribution in [1.29, 1.82) is 0 Å². The average molecular weight is 296 g/mol. The van der Waals surface area contributed by atoms with Crippen molar-refractivity contribution in [2.45, 2.75) is 32.4 Å². The molecular weight excluding hydrogens is 276 g/mol. The van der Waals surface area contributed by atoms with Crippen LogP contribution in [0.25, 0.3) is 10.9 Å². The van der Waals surface area contributed by atoms with Crippen LogP contribution in [0.3, 0.4) is 0 Å². The molecule has 0 aliphatic carbocycles. The van der Waals surface area contributed by atoms with Crippen molar-refractivity contribution in [1.82, 2.24) is 15.7 Å². The standard InChI is InChI=1S/C17H20N4O/c1-3-4-9-18-21-17(22)15-10-13-12-7-5-6-8-14(12)20-16(13)11(2)19-15/h3-9,11,15,19-20H,10H2,1-2H3,(H,21,22)/b4-3+,18-9+. The van der Waals surface area contributed by atoms with Crippen LogP contribution in [0.15, 0.2) is 41.5 Å². The van der Waals surface area contributed by atoms with E-state index in [1.807, 2.05) is 25.1 Å². The quantitative estimate of drug-likeness (QED) is 0.601. The monoisotopic (exact) mass is 296 g/mol. The normalized spacial score (nSPS) is 21.5. The smallest absolute Gasteiger partial charge is 0.257 e. The summed E-state index contributed by atoms with van der Waals surface area (Å²) >= 11 is 0. The minimum Gasteiger partial charge on any atom is -0.357 e. The van der Waals surface area contributed by atoms with Crippen LogP contribution in [0.5, 0.6) is 0 Å². The number of hydrogen-bond acceptors (Lipinski definition) is 3. The van der Waals surface area contributed by atoms with Gasteiger partial charge in [0.1, 0.15) is 0 Å². The number of H-pyrrole nitrogens is 1. The van der Waals surface area contributed by atoms with E-state index in [0.717, 1.165) is 5.52 Å². The maximum Gasteiger partial charge on any atom is 0.257 e. The molecule has 1 aliphatic heterocycles. The van der Waals surface area contributed by atoms with Gasteiger partial charge >= 0.3 is 0 Å². The van der Waals surface area contributed by atoms with Crippen molar-refractivity contribution in [3.05, 3.63) is 47.7 Å². The summed E-state index contributed by atoms with van der Waals surface area (Å²) in [5, 5.41) is 8.44. The molecule has 3 N–H and O–H groups in total. The Morgan fingerprint density at radius 1 is 1.41 bits per heavy atom. The van der Waals surface area contributed by atoms with Gasteiger partial charge in [0.2, 0.25) is 0 Å². The summed E-state index contributed by atoms with van der Waals surface area (Å²) in [6.07, 6.45) is 5.86. The first-order valence-electron chi connectivity index (χ1n) is 7.50. The second kappa shape index (κ2) is 6.15. The van der Waals surface area contributed by atoms with Crippen molar-refractivity contribution in [2.24, 2.45) is 5.10 Å². The lowest BCUT2D eigenvalue weighted by Crippen LogP contribution is -2.47. The Labute approximate surface area is 129 Å². The van der Waals surface area contributed by atoms with Gasteiger partial charge in [-0.15, -0.1) is 0 Å². The van der Waals surface area contributed by atoms with Crippen LogP contribution < -0.4 is 10.7 Å². The molecule has 0 bridgehead atoms. The predicted octanol–water partition coefficient (Wildman–Crippen LogP) is 2.42.